The van der Waals surface area contributed by atoms with E-state index in [4.69, 9.17) is 10.5 Å². The summed E-state index contributed by atoms with van der Waals surface area (Å²) in [5, 5.41) is 3.34. The van der Waals surface area contributed by atoms with Crippen molar-refractivity contribution in [1.82, 2.24) is 4.98 Å². The van der Waals surface area contributed by atoms with Crippen LogP contribution in [0.5, 0.6) is 5.75 Å². The Labute approximate surface area is 123 Å². The summed E-state index contributed by atoms with van der Waals surface area (Å²) in [6.07, 6.45) is 4.34. The number of aromatic nitrogens is 1. The van der Waals surface area contributed by atoms with Crippen LogP contribution >= 0.6 is 0 Å². The molecule has 3 rings (SSSR count). The van der Waals surface area contributed by atoms with Gasteiger partial charge in [-0.1, -0.05) is 6.92 Å². The third-order valence-electron chi connectivity index (χ3n) is 3.39. The molecular weight excluding hydrogens is 264 g/mol. The van der Waals surface area contributed by atoms with E-state index in [0.29, 0.717) is 12.2 Å². The van der Waals surface area contributed by atoms with Crippen molar-refractivity contribution in [2.75, 3.05) is 11.1 Å². The van der Waals surface area contributed by atoms with Crippen molar-refractivity contribution < 1.29 is 4.74 Å². The average Bonchev–Trinajstić information content (AvgIpc) is 2.53. The smallest absolute Gasteiger partial charge is 0.155 e. The van der Waals surface area contributed by atoms with Gasteiger partial charge in [-0.3, -0.25) is 9.98 Å². The molecule has 1 aliphatic heterocycles. The Hall–Kier alpha value is -2.56. The molecule has 0 amide bonds. The average molecular weight is 282 g/mol. The molecule has 0 bridgehead atoms. The lowest BCUT2D eigenvalue weighted by Gasteiger charge is -2.28. The summed E-state index contributed by atoms with van der Waals surface area (Å²) in [5.74, 6) is 1.66. The van der Waals surface area contributed by atoms with Crippen LogP contribution in [-0.4, -0.2) is 16.9 Å². The predicted octanol–water partition coefficient (Wildman–Crippen LogP) is 2.85. The second kappa shape index (κ2) is 5.83. The molecule has 3 N–H and O–H groups in total. The molecule has 1 unspecified atom stereocenters. The van der Waals surface area contributed by atoms with Crippen LogP contribution < -0.4 is 15.8 Å². The molecule has 5 heteroatoms. The van der Waals surface area contributed by atoms with E-state index >= 15 is 0 Å². The van der Waals surface area contributed by atoms with E-state index in [1.165, 1.54) is 0 Å². The molecule has 1 aromatic heterocycles. The van der Waals surface area contributed by atoms with Crippen LogP contribution in [0.3, 0.4) is 0 Å². The Balaban J connectivity index is 1.84. The highest BCUT2D eigenvalue weighted by atomic mass is 16.5. The Kier molecular flexibility index (Phi) is 3.73. The fraction of sp³-hybridized carbons (Fsp3) is 0.250. The monoisotopic (exact) mass is 282 g/mol. The van der Waals surface area contributed by atoms with Gasteiger partial charge in [-0.15, -0.1) is 0 Å². The topological polar surface area (TPSA) is 72.5 Å². The number of pyridine rings is 1. The zero-order valence-electron chi connectivity index (χ0n) is 11.9. The quantitative estimate of drug-likeness (QED) is 0.849. The number of ether oxygens (including phenoxy) is 1. The number of benzene rings is 1. The van der Waals surface area contributed by atoms with Crippen LogP contribution in [0, 0.1) is 0 Å². The molecule has 108 valence electrons. The number of nitrogens with two attached hydrogens (primary N) is 1. The molecule has 21 heavy (non-hydrogen) atoms. The predicted molar refractivity (Wildman–Crippen MR) is 84.6 cm³/mol. The standard InChI is InChI=1S/C16H18N4O/c1-2-14-16(19-10-11-5-7-18-8-6-11)20-13-9-12(17)3-4-15(13)21-14/h3-9,14H,2,10,17H2,1H3,(H,19,20). The van der Waals surface area contributed by atoms with Crippen molar-refractivity contribution in [2.45, 2.75) is 26.0 Å². The minimum Gasteiger partial charge on any atom is -0.480 e. The first-order valence-electron chi connectivity index (χ1n) is 7.02. The van der Waals surface area contributed by atoms with E-state index in [9.17, 15) is 0 Å². The van der Waals surface area contributed by atoms with Crippen molar-refractivity contribution in [2.24, 2.45) is 4.99 Å². The third kappa shape index (κ3) is 2.97. The number of nitrogens with one attached hydrogen (secondary N) is 1. The van der Waals surface area contributed by atoms with E-state index < -0.39 is 0 Å². The maximum absolute atomic E-state index is 5.98. The van der Waals surface area contributed by atoms with Gasteiger partial charge in [0.15, 0.2) is 6.10 Å². The van der Waals surface area contributed by atoms with Gasteiger partial charge in [0.05, 0.1) is 12.2 Å². The fourth-order valence-corrected chi connectivity index (χ4v) is 2.26. The number of hydrogen-bond donors (Lipinski definition) is 2. The highest BCUT2D eigenvalue weighted by Crippen LogP contribution is 2.32. The molecule has 5 nitrogen and oxygen atoms in total. The Morgan fingerprint density at radius 1 is 1.29 bits per heavy atom. The molecule has 1 atom stereocenters. The molecular formula is C16H18N4O. The van der Waals surface area contributed by atoms with Crippen molar-refractivity contribution in [3.05, 3.63) is 48.3 Å². The zero-order valence-corrected chi connectivity index (χ0v) is 11.9. The number of nitrogens with zero attached hydrogens (tertiary/aromatic N) is 2. The van der Waals surface area contributed by atoms with Gasteiger partial charge in [-0.2, -0.15) is 0 Å². The molecule has 1 aliphatic rings. The maximum atomic E-state index is 5.98. The normalized spacial score (nSPS) is 18.7. The Morgan fingerprint density at radius 3 is 2.86 bits per heavy atom. The summed E-state index contributed by atoms with van der Waals surface area (Å²) in [6, 6.07) is 9.51. The van der Waals surface area contributed by atoms with Gasteiger partial charge >= 0.3 is 0 Å². The van der Waals surface area contributed by atoms with E-state index in [0.717, 1.165) is 29.3 Å². The minimum absolute atomic E-state index is 0.0528. The van der Waals surface area contributed by atoms with E-state index in [-0.39, 0.29) is 6.10 Å². The second-order valence-corrected chi connectivity index (χ2v) is 4.95. The summed E-state index contributed by atoms with van der Waals surface area (Å²) in [7, 11) is 0. The first-order valence-corrected chi connectivity index (χ1v) is 7.02. The Bertz CT molecular complexity index is 655. The van der Waals surface area contributed by atoms with Crippen LogP contribution in [0.1, 0.15) is 18.9 Å². The molecule has 0 radical (unpaired) electrons. The molecule has 0 aliphatic carbocycles. The molecule has 2 heterocycles. The third-order valence-corrected chi connectivity index (χ3v) is 3.39. The lowest BCUT2D eigenvalue weighted by atomic mass is 10.1. The first kappa shape index (κ1) is 13.4. The number of rotatable bonds is 3. The van der Waals surface area contributed by atoms with Crippen LogP contribution in [0.15, 0.2) is 47.7 Å². The summed E-state index contributed by atoms with van der Waals surface area (Å²) in [6.45, 7) is 2.68. The van der Waals surface area contributed by atoms with E-state index in [1.807, 2.05) is 30.3 Å². The number of aliphatic imine (C=N–C) groups is 1. The number of anilines is 2. The van der Waals surface area contributed by atoms with Gasteiger partial charge in [0.2, 0.25) is 0 Å². The SMILES string of the molecule is CCC1Oc2ccc(N)cc2NC1=NCc1ccncc1. The minimum atomic E-state index is -0.0528. The molecule has 2 aromatic rings. The molecule has 0 spiro atoms. The van der Waals surface area contributed by atoms with Crippen molar-refractivity contribution >= 4 is 17.2 Å². The number of hydrogen-bond acceptors (Lipinski definition) is 4. The largest absolute Gasteiger partial charge is 0.480 e. The molecule has 0 fully saturated rings. The van der Waals surface area contributed by atoms with Gasteiger partial charge in [-0.05, 0) is 42.3 Å². The number of fused-ring (bicyclic) bond motifs is 1. The van der Waals surface area contributed by atoms with Crippen molar-refractivity contribution in [1.29, 1.82) is 0 Å². The second-order valence-electron chi connectivity index (χ2n) is 4.95. The van der Waals surface area contributed by atoms with Crippen LogP contribution in [0.2, 0.25) is 0 Å². The molecule has 0 saturated heterocycles. The van der Waals surface area contributed by atoms with Crippen molar-refractivity contribution in [3.8, 4) is 5.75 Å². The van der Waals surface area contributed by atoms with Gasteiger partial charge in [0.1, 0.15) is 11.6 Å². The summed E-state index contributed by atoms with van der Waals surface area (Å²) in [4.78, 5) is 8.65. The summed E-state index contributed by atoms with van der Waals surface area (Å²) < 4.78 is 5.98. The van der Waals surface area contributed by atoms with Gasteiger partial charge < -0.3 is 15.8 Å². The molecule has 1 aromatic carbocycles. The van der Waals surface area contributed by atoms with Gasteiger partial charge in [0, 0.05) is 18.1 Å². The maximum Gasteiger partial charge on any atom is 0.155 e. The van der Waals surface area contributed by atoms with Crippen LogP contribution in [0.25, 0.3) is 0 Å². The number of nitrogen functional groups attached to an aromatic ring is 1. The molecule has 0 saturated carbocycles. The summed E-state index contributed by atoms with van der Waals surface area (Å²) in [5.41, 5.74) is 8.51. The van der Waals surface area contributed by atoms with Gasteiger partial charge in [0.25, 0.3) is 0 Å². The highest BCUT2D eigenvalue weighted by molar-refractivity contribution is 6.02. The van der Waals surface area contributed by atoms with Crippen molar-refractivity contribution in [3.63, 3.8) is 0 Å². The Morgan fingerprint density at radius 2 is 2.10 bits per heavy atom. The summed E-state index contributed by atoms with van der Waals surface area (Å²) >= 11 is 0. The van der Waals surface area contributed by atoms with E-state index in [2.05, 4.69) is 22.2 Å². The van der Waals surface area contributed by atoms with Crippen LogP contribution in [-0.2, 0) is 6.54 Å². The van der Waals surface area contributed by atoms with Gasteiger partial charge in [-0.25, -0.2) is 0 Å². The lowest BCUT2D eigenvalue weighted by molar-refractivity contribution is 0.258. The number of amidine groups is 1. The fourth-order valence-electron chi connectivity index (χ4n) is 2.26. The van der Waals surface area contributed by atoms with Crippen LogP contribution in [0.4, 0.5) is 11.4 Å². The zero-order chi connectivity index (χ0) is 14.7. The lowest BCUT2D eigenvalue weighted by Crippen LogP contribution is -2.36. The highest BCUT2D eigenvalue weighted by Gasteiger charge is 2.24. The first-order chi connectivity index (χ1) is 10.3. The van der Waals surface area contributed by atoms with E-state index in [1.54, 1.807) is 12.4 Å².